The van der Waals surface area contributed by atoms with E-state index in [-0.39, 0.29) is 5.92 Å². The van der Waals surface area contributed by atoms with Crippen LogP contribution in [0.5, 0.6) is 0 Å². The number of benzene rings is 1. The molecule has 0 radical (unpaired) electrons. The zero-order chi connectivity index (χ0) is 16.8. The summed E-state index contributed by atoms with van der Waals surface area (Å²) in [4.78, 5) is 4.63. The average molecular weight is 336 g/mol. The minimum atomic E-state index is 0.240. The van der Waals surface area contributed by atoms with Crippen molar-refractivity contribution in [3.8, 4) is 17.3 Å². The standard InChI is InChI=1S/C19H20N4O2/c1-12-5-7-14(8-6-12)23-16-4-2-3-15(16)17(21-23)19-20-18(22-25-19)13-9-10-24-11-13/h5-8,13H,2-4,9-11H2,1H3. The van der Waals surface area contributed by atoms with E-state index in [0.29, 0.717) is 12.5 Å². The highest BCUT2D eigenvalue weighted by Gasteiger charge is 2.29. The second-order valence-corrected chi connectivity index (χ2v) is 6.89. The number of aromatic nitrogens is 4. The SMILES string of the molecule is Cc1ccc(-n2nc(-c3nc(C4CCOC4)no3)c3c2CCC3)cc1. The van der Waals surface area contributed by atoms with Crippen molar-refractivity contribution in [2.24, 2.45) is 0 Å². The molecule has 1 fully saturated rings. The third-order valence-corrected chi connectivity index (χ3v) is 5.15. The molecule has 0 bridgehead atoms. The van der Waals surface area contributed by atoms with Crippen molar-refractivity contribution in [1.82, 2.24) is 19.9 Å². The van der Waals surface area contributed by atoms with E-state index in [4.69, 9.17) is 14.4 Å². The number of ether oxygens (including phenoxy) is 1. The van der Waals surface area contributed by atoms with E-state index in [9.17, 15) is 0 Å². The molecule has 1 saturated heterocycles. The molecular weight excluding hydrogens is 316 g/mol. The third kappa shape index (κ3) is 2.48. The van der Waals surface area contributed by atoms with E-state index in [1.165, 1.54) is 16.8 Å². The lowest BCUT2D eigenvalue weighted by molar-refractivity contribution is 0.192. The van der Waals surface area contributed by atoms with Crippen LogP contribution >= 0.6 is 0 Å². The molecule has 0 saturated carbocycles. The Morgan fingerprint density at radius 3 is 2.84 bits per heavy atom. The largest absolute Gasteiger partial charge is 0.381 e. The van der Waals surface area contributed by atoms with Crippen molar-refractivity contribution in [1.29, 1.82) is 0 Å². The van der Waals surface area contributed by atoms with E-state index in [2.05, 4.69) is 41.3 Å². The first-order valence-corrected chi connectivity index (χ1v) is 8.89. The number of nitrogens with zero attached hydrogens (tertiary/aromatic N) is 4. The normalized spacial score (nSPS) is 19.5. The van der Waals surface area contributed by atoms with Gasteiger partial charge in [-0.05, 0) is 44.7 Å². The van der Waals surface area contributed by atoms with Gasteiger partial charge in [0, 0.05) is 23.8 Å². The topological polar surface area (TPSA) is 66.0 Å². The minimum absolute atomic E-state index is 0.240. The van der Waals surface area contributed by atoms with Gasteiger partial charge in [0.05, 0.1) is 12.3 Å². The minimum Gasteiger partial charge on any atom is -0.381 e. The molecule has 128 valence electrons. The number of hydrogen-bond acceptors (Lipinski definition) is 5. The lowest BCUT2D eigenvalue weighted by Crippen LogP contribution is -2.01. The molecule has 0 N–H and O–H groups in total. The van der Waals surface area contributed by atoms with Crippen LogP contribution in [0, 0.1) is 6.92 Å². The summed E-state index contributed by atoms with van der Waals surface area (Å²) in [7, 11) is 0. The van der Waals surface area contributed by atoms with Gasteiger partial charge in [0.25, 0.3) is 5.89 Å². The summed E-state index contributed by atoms with van der Waals surface area (Å²) in [5.74, 6) is 1.51. The van der Waals surface area contributed by atoms with Crippen molar-refractivity contribution in [2.75, 3.05) is 13.2 Å². The van der Waals surface area contributed by atoms with Gasteiger partial charge in [-0.15, -0.1) is 0 Å². The summed E-state index contributed by atoms with van der Waals surface area (Å²) in [5.41, 5.74) is 5.68. The zero-order valence-corrected chi connectivity index (χ0v) is 14.2. The van der Waals surface area contributed by atoms with Crippen LogP contribution in [-0.2, 0) is 17.6 Å². The van der Waals surface area contributed by atoms with Gasteiger partial charge >= 0.3 is 0 Å². The zero-order valence-electron chi connectivity index (χ0n) is 14.2. The predicted molar refractivity (Wildman–Crippen MR) is 91.8 cm³/mol. The van der Waals surface area contributed by atoms with Crippen LogP contribution < -0.4 is 0 Å². The Bertz CT molecular complexity index is 904. The Labute approximate surface area is 145 Å². The molecule has 5 rings (SSSR count). The van der Waals surface area contributed by atoms with Crippen molar-refractivity contribution in [2.45, 2.75) is 38.5 Å². The fraction of sp³-hybridized carbons (Fsp3) is 0.421. The fourth-order valence-corrected chi connectivity index (χ4v) is 3.74. The maximum Gasteiger partial charge on any atom is 0.278 e. The van der Waals surface area contributed by atoms with Crippen molar-refractivity contribution in [3.63, 3.8) is 0 Å². The van der Waals surface area contributed by atoms with Gasteiger partial charge in [0.2, 0.25) is 0 Å². The Balaban J connectivity index is 1.56. The number of rotatable bonds is 3. The summed E-state index contributed by atoms with van der Waals surface area (Å²) >= 11 is 0. The summed E-state index contributed by atoms with van der Waals surface area (Å²) in [6, 6.07) is 8.45. The Hall–Kier alpha value is -2.47. The second-order valence-electron chi connectivity index (χ2n) is 6.89. The van der Waals surface area contributed by atoms with Crippen molar-refractivity contribution in [3.05, 3.63) is 46.9 Å². The van der Waals surface area contributed by atoms with Gasteiger partial charge < -0.3 is 9.26 Å². The van der Waals surface area contributed by atoms with Crippen molar-refractivity contribution < 1.29 is 9.26 Å². The second kappa shape index (κ2) is 5.81. The van der Waals surface area contributed by atoms with Gasteiger partial charge in [-0.25, -0.2) is 4.68 Å². The van der Waals surface area contributed by atoms with E-state index >= 15 is 0 Å². The number of fused-ring (bicyclic) bond motifs is 1. The molecule has 1 unspecified atom stereocenters. The highest BCUT2D eigenvalue weighted by molar-refractivity contribution is 5.58. The Morgan fingerprint density at radius 2 is 2.04 bits per heavy atom. The molecule has 25 heavy (non-hydrogen) atoms. The molecule has 1 atom stereocenters. The van der Waals surface area contributed by atoms with Gasteiger partial charge in [0.1, 0.15) is 0 Å². The van der Waals surface area contributed by atoms with Crippen LogP contribution in [0.1, 0.15) is 41.4 Å². The molecular formula is C19H20N4O2. The van der Waals surface area contributed by atoms with E-state index in [1.54, 1.807) is 0 Å². The molecule has 3 aromatic rings. The Kier molecular flexibility index (Phi) is 3.45. The van der Waals surface area contributed by atoms with E-state index in [1.807, 2.05) is 4.68 Å². The van der Waals surface area contributed by atoms with E-state index < -0.39 is 0 Å². The predicted octanol–water partition coefficient (Wildman–Crippen LogP) is 3.22. The summed E-state index contributed by atoms with van der Waals surface area (Å²) in [5, 5.41) is 9.01. The first-order valence-electron chi connectivity index (χ1n) is 8.89. The summed E-state index contributed by atoms with van der Waals surface area (Å²) < 4.78 is 13.0. The molecule has 2 aliphatic rings. The molecule has 0 spiro atoms. The third-order valence-electron chi connectivity index (χ3n) is 5.15. The van der Waals surface area contributed by atoms with Crippen LogP contribution in [0.3, 0.4) is 0 Å². The molecule has 1 aliphatic heterocycles. The maximum atomic E-state index is 5.56. The van der Waals surface area contributed by atoms with Crippen LogP contribution in [0.4, 0.5) is 0 Å². The quantitative estimate of drug-likeness (QED) is 0.735. The smallest absolute Gasteiger partial charge is 0.278 e. The molecule has 3 heterocycles. The lowest BCUT2D eigenvalue weighted by atomic mass is 10.1. The van der Waals surface area contributed by atoms with E-state index in [0.717, 1.165) is 49.5 Å². The molecule has 1 aromatic carbocycles. The monoisotopic (exact) mass is 336 g/mol. The van der Waals surface area contributed by atoms with Crippen LogP contribution in [0.25, 0.3) is 17.3 Å². The molecule has 0 amide bonds. The Morgan fingerprint density at radius 1 is 1.16 bits per heavy atom. The highest BCUT2D eigenvalue weighted by atomic mass is 16.5. The molecule has 1 aliphatic carbocycles. The highest BCUT2D eigenvalue weighted by Crippen LogP contribution is 2.34. The lowest BCUT2D eigenvalue weighted by Gasteiger charge is -2.05. The van der Waals surface area contributed by atoms with Crippen LogP contribution in [-0.4, -0.2) is 33.1 Å². The van der Waals surface area contributed by atoms with Gasteiger partial charge in [-0.1, -0.05) is 22.9 Å². The van der Waals surface area contributed by atoms with Gasteiger partial charge in [-0.2, -0.15) is 10.1 Å². The number of hydrogen-bond donors (Lipinski definition) is 0. The summed E-state index contributed by atoms with van der Waals surface area (Å²) in [6.07, 6.45) is 4.15. The van der Waals surface area contributed by atoms with Gasteiger partial charge in [0.15, 0.2) is 11.5 Å². The first kappa shape index (κ1) is 14.8. The van der Waals surface area contributed by atoms with Crippen LogP contribution in [0.2, 0.25) is 0 Å². The fourth-order valence-electron chi connectivity index (χ4n) is 3.74. The molecule has 6 heteroatoms. The van der Waals surface area contributed by atoms with Gasteiger partial charge in [-0.3, -0.25) is 0 Å². The molecule has 6 nitrogen and oxygen atoms in total. The molecule has 2 aromatic heterocycles. The summed E-state index contributed by atoms with van der Waals surface area (Å²) in [6.45, 7) is 3.54. The van der Waals surface area contributed by atoms with Crippen molar-refractivity contribution >= 4 is 0 Å². The number of aryl methyl sites for hydroxylation is 1. The van der Waals surface area contributed by atoms with Crippen LogP contribution in [0.15, 0.2) is 28.8 Å². The average Bonchev–Trinajstić information content (AvgIpc) is 3.38. The maximum absolute atomic E-state index is 5.56. The first-order chi connectivity index (χ1) is 12.3.